The number of phenols is 2. The van der Waals surface area contributed by atoms with Crippen LogP contribution in [0, 0.1) is 0 Å². The van der Waals surface area contributed by atoms with E-state index < -0.39 is 0 Å². The van der Waals surface area contributed by atoms with E-state index in [2.05, 4.69) is 19.3 Å². The number of aromatic hydroxyl groups is 2. The van der Waals surface area contributed by atoms with Crippen LogP contribution in [0.4, 0.5) is 0 Å². The highest BCUT2D eigenvalue weighted by Crippen LogP contribution is 2.32. The van der Waals surface area contributed by atoms with Crippen LogP contribution in [-0.2, 0) is 5.41 Å². The molecule has 0 aromatic heterocycles. The van der Waals surface area contributed by atoms with Crippen LogP contribution in [0.15, 0.2) is 79.0 Å². The maximum absolute atomic E-state index is 9.30. The molecule has 0 bridgehead atoms. The van der Waals surface area contributed by atoms with Crippen molar-refractivity contribution < 1.29 is 15.1 Å². The minimum absolute atomic E-state index is 0.151. The summed E-state index contributed by atoms with van der Waals surface area (Å²) in [7, 11) is 0. The Balaban J connectivity index is 0.000000177. The van der Waals surface area contributed by atoms with Gasteiger partial charge in [-0.1, -0.05) is 56.3 Å². The van der Waals surface area contributed by atoms with Crippen molar-refractivity contribution in [2.75, 3.05) is 0 Å². The predicted molar refractivity (Wildman–Crippen MR) is 108 cm³/mol. The fraction of sp³-hybridized carbons (Fsp3) is 0.130. The van der Waals surface area contributed by atoms with E-state index in [1.165, 1.54) is 0 Å². The SMILES string of the molecule is C1=Cc2ccccc2ON1.CC(C)(c1ccc(O)cc1)c1ccc(O)cc1. The molecule has 1 aliphatic heterocycles. The van der Waals surface area contributed by atoms with Crippen molar-refractivity contribution in [1.82, 2.24) is 5.48 Å². The molecule has 4 rings (SSSR count). The molecule has 0 saturated heterocycles. The highest BCUT2D eigenvalue weighted by atomic mass is 16.6. The monoisotopic (exact) mass is 361 g/mol. The Morgan fingerprint density at radius 3 is 1.78 bits per heavy atom. The van der Waals surface area contributed by atoms with Gasteiger partial charge in [-0.05, 0) is 47.5 Å². The molecule has 0 saturated carbocycles. The summed E-state index contributed by atoms with van der Waals surface area (Å²) in [5, 5.41) is 18.6. The van der Waals surface area contributed by atoms with Crippen molar-refractivity contribution in [2.24, 2.45) is 0 Å². The summed E-state index contributed by atoms with van der Waals surface area (Å²) in [4.78, 5) is 5.09. The number of benzene rings is 3. The lowest BCUT2D eigenvalue weighted by atomic mass is 9.78. The van der Waals surface area contributed by atoms with Gasteiger partial charge in [0.1, 0.15) is 11.5 Å². The van der Waals surface area contributed by atoms with E-state index in [4.69, 9.17) is 4.84 Å². The molecule has 138 valence electrons. The number of hydrogen-bond donors (Lipinski definition) is 3. The first kappa shape index (κ1) is 18.4. The molecule has 3 aromatic carbocycles. The second kappa shape index (κ2) is 7.87. The van der Waals surface area contributed by atoms with Crippen LogP contribution in [0.2, 0.25) is 0 Å². The molecule has 27 heavy (non-hydrogen) atoms. The minimum atomic E-state index is -0.151. The smallest absolute Gasteiger partial charge is 0.162 e. The van der Waals surface area contributed by atoms with Gasteiger partial charge in [-0.2, -0.15) is 0 Å². The average Bonchev–Trinajstić information content (AvgIpc) is 2.69. The Morgan fingerprint density at radius 2 is 1.26 bits per heavy atom. The minimum Gasteiger partial charge on any atom is -0.508 e. The number of phenolic OH excluding ortho intramolecular Hbond substituents is 2. The van der Waals surface area contributed by atoms with Crippen molar-refractivity contribution in [3.8, 4) is 17.2 Å². The highest BCUT2D eigenvalue weighted by molar-refractivity contribution is 5.58. The molecule has 0 amide bonds. The molecule has 3 aromatic rings. The number of fused-ring (bicyclic) bond motifs is 1. The lowest BCUT2D eigenvalue weighted by molar-refractivity contribution is 0.239. The lowest BCUT2D eigenvalue weighted by Gasteiger charge is -2.26. The summed E-state index contributed by atoms with van der Waals surface area (Å²) < 4.78 is 0. The lowest BCUT2D eigenvalue weighted by Crippen LogP contribution is -2.18. The fourth-order valence-corrected chi connectivity index (χ4v) is 2.86. The zero-order valence-corrected chi connectivity index (χ0v) is 15.4. The Labute approximate surface area is 159 Å². The molecule has 0 atom stereocenters. The van der Waals surface area contributed by atoms with Crippen molar-refractivity contribution >= 4 is 6.08 Å². The number of para-hydroxylation sites is 1. The summed E-state index contributed by atoms with van der Waals surface area (Å²) in [6.45, 7) is 4.23. The normalized spacial score (nSPS) is 12.1. The van der Waals surface area contributed by atoms with Gasteiger partial charge in [0.25, 0.3) is 0 Å². The zero-order chi connectivity index (χ0) is 19.3. The van der Waals surface area contributed by atoms with Crippen molar-refractivity contribution in [1.29, 1.82) is 0 Å². The van der Waals surface area contributed by atoms with E-state index >= 15 is 0 Å². The molecular weight excluding hydrogens is 338 g/mol. The molecule has 0 aliphatic carbocycles. The van der Waals surface area contributed by atoms with Crippen molar-refractivity contribution in [3.05, 3.63) is 95.7 Å². The van der Waals surface area contributed by atoms with E-state index in [0.29, 0.717) is 0 Å². The van der Waals surface area contributed by atoms with E-state index in [1.807, 2.05) is 54.6 Å². The Bertz CT molecular complexity index is 866. The van der Waals surface area contributed by atoms with Gasteiger partial charge < -0.3 is 15.1 Å². The average molecular weight is 361 g/mol. The molecular formula is C23H23NO3. The molecule has 1 heterocycles. The van der Waals surface area contributed by atoms with Crippen LogP contribution in [-0.4, -0.2) is 10.2 Å². The number of hydroxylamine groups is 1. The zero-order valence-electron chi connectivity index (χ0n) is 15.4. The first-order valence-corrected chi connectivity index (χ1v) is 8.74. The van der Waals surface area contributed by atoms with E-state index in [-0.39, 0.29) is 16.9 Å². The van der Waals surface area contributed by atoms with Crippen LogP contribution in [0.5, 0.6) is 17.2 Å². The fourth-order valence-electron chi connectivity index (χ4n) is 2.86. The number of hydrogen-bond acceptors (Lipinski definition) is 4. The second-order valence-corrected chi connectivity index (χ2v) is 6.81. The predicted octanol–water partition coefficient (Wildman–Crippen LogP) is 4.98. The Morgan fingerprint density at radius 1 is 0.741 bits per heavy atom. The van der Waals surface area contributed by atoms with Crippen LogP contribution < -0.4 is 10.3 Å². The largest absolute Gasteiger partial charge is 0.508 e. The van der Waals surface area contributed by atoms with Crippen LogP contribution >= 0.6 is 0 Å². The first-order chi connectivity index (χ1) is 13.0. The third-order valence-corrected chi connectivity index (χ3v) is 4.60. The molecule has 0 fully saturated rings. The van der Waals surface area contributed by atoms with Gasteiger partial charge in [-0.15, -0.1) is 0 Å². The summed E-state index contributed by atoms with van der Waals surface area (Å²) in [6.07, 6.45) is 3.74. The molecule has 0 unspecified atom stereocenters. The Kier molecular flexibility index (Phi) is 5.36. The van der Waals surface area contributed by atoms with Crippen LogP contribution in [0.3, 0.4) is 0 Å². The molecule has 1 aliphatic rings. The van der Waals surface area contributed by atoms with Gasteiger partial charge in [0.15, 0.2) is 5.75 Å². The first-order valence-electron chi connectivity index (χ1n) is 8.74. The molecule has 0 radical (unpaired) electrons. The quantitative estimate of drug-likeness (QED) is 0.602. The van der Waals surface area contributed by atoms with E-state index in [9.17, 15) is 10.2 Å². The van der Waals surface area contributed by atoms with Gasteiger partial charge >= 0.3 is 0 Å². The second-order valence-electron chi connectivity index (χ2n) is 6.81. The molecule has 4 heteroatoms. The highest BCUT2D eigenvalue weighted by Gasteiger charge is 2.22. The van der Waals surface area contributed by atoms with Crippen molar-refractivity contribution in [3.63, 3.8) is 0 Å². The van der Waals surface area contributed by atoms with Gasteiger partial charge in [-0.3, -0.25) is 0 Å². The Hall–Kier alpha value is -3.40. The molecule has 0 spiro atoms. The van der Waals surface area contributed by atoms with Crippen molar-refractivity contribution in [2.45, 2.75) is 19.3 Å². The number of nitrogens with one attached hydrogen (secondary N) is 1. The number of rotatable bonds is 2. The topological polar surface area (TPSA) is 61.7 Å². The maximum atomic E-state index is 9.30. The summed E-state index contributed by atoms with van der Waals surface area (Å²) in [5.74, 6) is 1.43. The maximum Gasteiger partial charge on any atom is 0.162 e. The third kappa shape index (κ3) is 4.42. The summed E-state index contributed by atoms with van der Waals surface area (Å²) in [5.41, 5.74) is 5.87. The van der Waals surface area contributed by atoms with Gasteiger partial charge in [-0.25, -0.2) is 5.48 Å². The van der Waals surface area contributed by atoms with Crippen LogP contribution in [0.25, 0.3) is 6.08 Å². The third-order valence-electron chi connectivity index (χ3n) is 4.60. The van der Waals surface area contributed by atoms with Gasteiger partial charge in [0.2, 0.25) is 0 Å². The molecule has 4 nitrogen and oxygen atoms in total. The van der Waals surface area contributed by atoms with Crippen LogP contribution in [0.1, 0.15) is 30.5 Å². The standard InChI is InChI=1S/C15H16O2.C8H7NO/c1-15(2,11-3-7-13(16)8-4-11)12-5-9-14(17)10-6-12;1-2-4-8-7(3-1)5-6-9-10-8/h3-10,16-17H,1-2H3;1-6,9H. The summed E-state index contributed by atoms with van der Waals surface area (Å²) >= 11 is 0. The summed E-state index contributed by atoms with van der Waals surface area (Å²) in [6, 6.07) is 22.3. The van der Waals surface area contributed by atoms with E-state index in [0.717, 1.165) is 22.4 Å². The van der Waals surface area contributed by atoms with Gasteiger partial charge in [0.05, 0.1) is 0 Å². The van der Waals surface area contributed by atoms with Gasteiger partial charge in [0, 0.05) is 17.2 Å². The van der Waals surface area contributed by atoms with E-state index in [1.54, 1.807) is 30.5 Å². The molecule has 3 N–H and O–H groups in total.